The fourth-order valence-electron chi connectivity index (χ4n) is 2.51. The summed E-state index contributed by atoms with van der Waals surface area (Å²) in [6.45, 7) is 0.815. The lowest BCUT2D eigenvalue weighted by Gasteiger charge is -2.27. The third kappa shape index (κ3) is 3.86. The highest BCUT2D eigenvalue weighted by atomic mass is 19.4. The molecule has 0 aromatic heterocycles. The maximum atomic E-state index is 12.2. The summed E-state index contributed by atoms with van der Waals surface area (Å²) in [5.74, 6) is 0.753. The lowest BCUT2D eigenvalue weighted by atomic mass is 9.91. The minimum absolute atomic E-state index is 0.00111. The quantitative estimate of drug-likeness (QED) is 0.904. The number of halogens is 3. The maximum absolute atomic E-state index is 12.2. The van der Waals surface area contributed by atoms with Gasteiger partial charge in [0.25, 0.3) is 0 Å². The van der Waals surface area contributed by atoms with E-state index in [0.717, 1.165) is 24.3 Å². The van der Waals surface area contributed by atoms with Crippen molar-refractivity contribution in [3.63, 3.8) is 0 Å². The van der Waals surface area contributed by atoms with Crippen molar-refractivity contribution in [2.75, 3.05) is 13.7 Å². The van der Waals surface area contributed by atoms with E-state index >= 15 is 0 Å². The molecule has 1 aliphatic rings. The van der Waals surface area contributed by atoms with E-state index in [9.17, 15) is 13.2 Å². The van der Waals surface area contributed by atoms with Gasteiger partial charge in [0, 0.05) is 12.5 Å². The molecule has 5 heteroatoms. The van der Waals surface area contributed by atoms with Gasteiger partial charge in [0.2, 0.25) is 0 Å². The Kier molecular flexibility index (Phi) is 4.34. The average Bonchev–Trinajstić information content (AvgIpc) is 2.37. The summed E-state index contributed by atoms with van der Waals surface area (Å²) in [4.78, 5) is 0. The smallest absolute Gasteiger partial charge is 0.389 e. The first-order chi connectivity index (χ1) is 8.99. The number of fused-ring (bicyclic) bond motifs is 1. The van der Waals surface area contributed by atoms with E-state index in [1.165, 1.54) is 5.56 Å². The molecule has 1 atom stereocenters. The zero-order valence-electron chi connectivity index (χ0n) is 10.9. The van der Waals surface area contributed by atoms with Crippen molar-refractivity contribution in [2.24, 2.45) is 0 Å². The molecule has 0 bridgehead atoms. The SMILES string of the molecule is COc1ccc2c(c1)C(CCCC(F)(F)F)NCC2. The molecule has 0 spiro atoms. The van der Waals surface area contributed by atoms with Crippen LogP contribution in [-0.2, 0) is 6.42 Å². The Morgan fingerprint density at radius 3 is 2.84 bits per heavy atom. The Balaban J connectivity index is 2.04. The number of alkyl halides is 3. The highest BCUT2D eigenvalue weighted by Crippen LogP contribution is 2.31. The largest absolute Gasteiger partial charge is 0.497 e. The van der Waals surface area contributed by atoms with Gasteiger partial charge in [0.1, 0.15) is 5.75 Å². The van der Waals surface area contributed by atoms with Crippen LogP contribution in [-0.4, -0.2) is 19.8 Å². The van der Waals surface area contributed by atoms with Crippen LogP contribution in [0.4, 0.5) is 13.2 Å². The van der Waals surface area contributed by atoms with Gasteiger partial charge in [-0.15, -0.1) is 0 Å². The molecule has 106 valence electrons. The van der Waals surface area contributed by atoms with Crippen molar-refractivity contribution in [2.45, 2.75) is 37.9 Å². The Morgan fingerprint density at radius 1 is 1.37 bits per heavy atom. The zero-order chi connectivity index (χ0) is 13.9. The summed E-state index contributed by atoms with van der Waals surface area (Å²) in [6, 6.07) is 5.84. The predicted octanol–water partition coefficient (Wildman–Crippen LogP) is 3.61. The molecule has 0 aliphatic carbocycles. The van der Waals surface area contributed by atoms with E-state index in [0.29, 0.717) is 6.42 Å². The first kappa shape index (κ1) is 14.2. The third-order valence-electron chi connectivity index (χ3n) is 3.47. The Morgan fingerprint density at radius 2 is 2.16 bits per heavy atom. The second-order valence-corrected chi connectivity index (χ2v) is 4.83. The van der Waals surface area contributed by atoms with Crippen molar-refractivity contribution in [1.29, 1.82) is 0 Å². The molecule has 1 aliphatic heterocycles. The average molecular weight is 273 g/mol. The number of rotatable bonds is 4. The molecule has 1 unspecified atom stereocenters. The molecule has 19 heavy (non-hydrogen) atoms. The minimum Gasteiger partial charge on any atom is -0.497 e. The van der Waals surface area contributed by atoms with Gasteiger partial charge in [-0.05, 0) is 49.1 Å². The molecule has 1 heterocycles. The molecule has 1 aromatic rings. The van der Waals surface area contributed by atoms with Crippen LogP contribution in [0.1, 0.15) is 36.4 Å². The molecule has 0 radical (unpaired) electrons. The molecule has 2 nitrogen and oxygen atoms in total. The molecule has 1 N–H and O–H groups in total. The lowest BCUT2D eigenvalue weighted by molar-refractivity contribution is -0.135. The van der Waals surface area contributed by atoms with Gasteiger partial charge in [0.15, 0.2) is 0 Å². The number of hydrogen-bond acceptors (Lipinski definition) is 2. The number of methoxy groups -OCH3 is 1. The molecular weight excluding hydrogens is 255 g/mol. The van der Waals surface area contributed by atoms with Crippen LogP contribution in [0.5, 0.6) is 5.75 Å². The number of ether oxygens (including phenoxy) is 1. The standard InChI is InChI=1S/C14H18F3NO/c1-19-11-5-4-10-6-8-18-13(12(10)9-11)3-2-7-14(15,16)17/h4-5,9,13,18H,2-3,6-8H2,1H3. The van der Waals surface area contributed by atoms with E-state index in [2.05, 4.69) is 5.32 Å². The first-order valence-electron chi connectivity index (χ1n) is 6.46. The summed E-state index contributed by atoms with van der Waals surface area (Å²) < 4.78 is 41.7. The van der Waals surface area contributed by atoms with Gasteiger partial charge in [0.05, 0.1) is 7.11 Å². The normalized spacial score (nSPS) is 19.1. The molecule has 1 aromatic carbocycles. The third-order valence-corrected chi connectivity index (χ3v) is 3.47. The Labute approximate surface area is 111 Å². The highest BCUT2D eigenvalue weighted by molar-refractivity contribution is 5.39. The number of nitrogens with one attached hydrogen (secondary N) is 1. The van der Waals surface area contributed by atoms with Gasteiger partial charge >= 0.3 is 6.18 Å². The van der Waals surface area contributed by atoms with Crippen LogP contribution in [0.15, 0.2) is 18.2 Å². The minimum atomic E-state index is -4.06. The molecule has 0 fully saturated rings. The van der Waals surface area contributed by atoms with Gasteiger partial charge in [-0.3, -0.25) is 0 Å². The van der Waals surface area contributed by atoms with Crippen LogP contribution < -0.4 is 10.1 Å². The van der Waals surface area contributed by atoms with Crippen LogP contribution in [0, 0.1) is 0 Å². The van der Waals surface area contributed by atoms with Crippen LogP contribution in [0.2, 0.25) is 0 Å². The fourth-order valence-corrected chi connectivity index (χ4v) is 2.51. The van der Waals surface area contributed by atoms with Gasteiger partial charge in [-0.25, -0.2) is 0 Å². The monoisotopic (exact) mass is 273 g/mol. The van der Waals surface area contributed by atoms with Gasteiger partial charge in [-0.2, -0.15) is 13.2 Å². The highest BCUT2D eigenvalue weighted by Gasteiger charge is 2.28. The number of benzene rings is 1. The predicted molar refractivity (Wildman–Crippen MR) is 67.3 cm³/mol. The summed E-state index contributed by atoms with van der Waals surface area (Å²) >= 11 is 0. The molecule has 0 amide bonds. The Bertz CT molecular complexity index is 431. The molecule has 0 saturated heterocycles. The van der Waals surface area contributed by atoms with Crippen molar-refractivity contribution >= 4 is 0 Å². The summed E-state index contributed by atoms with van der Waals surface area (Å²) in [5, 5.41) is 3.29. The Hall–Kier alpha value is -1.23. The second kappa shape index (κ2) is 5.82. The summed E-state index contributed by atoms with van der Waals surface area (Å²) in [5.41, 5.74) is 2.28. The van der Waals surface area contributed by atoms with Gasteiger partial charge in [-0.1, -0.05) is 6.07 Å². The van der Waals surface area contributed by atoms with Crippen molar-refractivity contribution in [1.82, 2.24) is 5.32 Å². The van der Waals surface area contributed by atoms with E-state index in [1.807, 2.05) is 18.2 Å². The van der Waals surface area contributed by atoms with Gasteiger partial charge < -0.3 is 10.1 Å². The zero-order valence-corrected chi connectivity index (χ0v) is 10.9. The van der Waals surface area contributed by atoms with Crippen molar-refractivity contribution < 1.29 is 17.9 Å². The van der Waals surface area contributed by atoms with E-state index in [1.54, 1.807) is 7.11 Å². The number of hydrogen-bond donors (Lipinski definition) is 1. The molecule has 0 saturated carbocycles. The van der Waals surface area contributed by atoms with Crippen LogP contribution in [0.3, 0.4) is 0 Å². The lowest BCUT2D eigenvalue weighted by Crippen LogP contribution is -2.30. The van der Waals surface area contributed by atoms with Crippen LogP contribution in [0.25, 0.3) is 0 Å². The van der Waals surface area contributed by atoms with E-state index < -0.39 is 12.6 Å². The molecular formula is C14H18F3NO. The van der Waals surface area contributed by atoms with Crippen molar-refractivity contribution in [3.05, 3.63) is 29.3 Å². The molecule has 2 rings (SSSR count). The summed E-state index contributed by atoms with van der Waals surface area (Å²) in [7, 11) is 1.59. The maximum Gasteiger partial charge on any atom is 0.389 e. The fraction of sp³-hybridized carbons (Fsp3) is 0.571. The van der Waals surface area contributed by atoms with Crippen LogP contribution >= 0.6 is 0 Å². The summed E-state index contributed by atoms with van der Waals surface area (Å²) in [6.07, 6.45) is -3.22. The van der Waals surface area contributed by atoms with Crippen molar-refractivity contribution in [3.8, 4) is 5.75 Å². The van der Waals surface area contributed by atoms with E-state index in [4.69, 9.17) is 4.74 Å². The first-order valence-corrected chi connectivity index (χ1v) is 6.46. The second-order valence-electron chi connectivity index (χ2n) is 4.83. The van der Waals surface area contributed by atoms with E-state index in [-0.39, 0.29) is 12.5 Å². The topological polar surface area (TPSA) is 21.3 Å².